The first kappa shape index (κ1) is 15.6. The van der Waals surface area contributed by atoms with Gasteiger partial charge in [-0.1, -0.05) is 26.8 Å². The summed E-state index contributed by atoms with van der Waals surface area (Å²) in [5.41, 5.74) is 1.82. The lowest BCUT2D eigenvalue weighted by atomic mass is 10.2. The molecule has 1 saturated heterocycles. The normalized spacial score (nSPS) is 17.6. The molecule has 0 aromatic carbocycles. The van der Waals surface area contributed by atoms with Crippen LogP contribution in [0.4, 0.5) is 0 Å². The van der Waals surface area contributed by atoms with E-state index in [-0.39, 0.29) is 11.3 Å². The van der Waals surface area contributed by atoms with Gasteiger partial charge in [0, 0.05) is 5.56 Å². The molecule has 0 atom stereocenters. The molecule has 0 amide bonds. The summed E-state index contributed by atoms with van der Waals surface area (Å²) in [5, 5.41) is 0.196. The third-order valence-electron chi connectivity index (χ3n) is 4.11. The first-order valence-electron chi connectivity index (χ1n) is 7.04. The van der Waals surface area contributed by atoms with E-state index in [1.807, 2.05) is 12.1 Å². The number of hydrogen-bond acceptors (Lipinski definition) is 4. The fraction of sp³-hybridized carbons (Fsp3) is 0.667. The van der Waals surface area contributed by atoms with Gasteiger partial charge in [-0.25, -0.2) is 4.98 Å². The number of ether oxygens (including phenoxy) is 2. The number of nitrogens with zero attached hydrogens (tertiary/aromatic N) is 1. The summed E-state index contributed by atoms with van der Waals surface area (Å²) in [6, 6.07) is 3.79. The van der Waals surface area contributed by atoms with Gasteiger partial charge in [-0.05, 0) is 24.2 Å². The van der Waals surface area contributed by atoms with Gasteiger partial charge in [0.05, 0.1) is 26.0 Å². The van der Waals surface area contributed by atoms with E-state index in [1.165, 1.54) is 0 Å². The highest BCUT2D eigenvalue weighted by Gasteiger charge is 2.37. The maximum atomic E-state index is 6.25. The van der Waals surface area contributed by atoms with Crippen LogP contribution in [0.25, 0.3) is 0 Å². The molecule has 1 radical (unpaired) electrons. The van der Waals surface area contributed by atoms with Crippen molar-refractivity contribution < 1.29 is 13.9 Å². The Balaban J connectivity index is 2.10. The lowest BCUT2D eigenvalue weighted by molar-refractivity contribution is -0.0485. The molecule has 0 saturated carbocycles. The highest BCUT2D eigenvalue weighted by atomic mass is 28.4. The maximum absolute atomic E-state index is 6.25. The first-order chi connectivity index (χ1) is 9.31. The van der Waals surface area contributed by atoms with E-state index in [1.54, 1.807) is 0 Å². The molecular weight excluding hydrogens is 270 g/mol. The van der Waals surface area contributed by atoms with E-state index in [4.69, 9.17) is 13.9 Å². The van der Waals surface area contributed by atoms with Crippen molar-refractivity contribution in [2.75, 3.05) is 13.2 Å². The SMILES string of the molecule is CC(C)(C)[Si](C)(C)OCc1cc[c]nc1C1OCCO1. The molecule has 2 heterocycles. The fourth-order valence-electron chi connectivity index (χ4n) is 1.72. The van der Waals surface area contributed by atoms with Gasteiger partial charge in [0.25, 0.3) is 0 Å². The minimum absolute atomic E-state index is 0.196. The Labute approximate surface area is 122 Å². The zero-order valence-corrected chi connectivity index (χ0v) is 14.0. The fourth-order valence-corrected chi connectivity index (χ4v) is 2.67. The lowest BCUT2D eigenvalue weighted by Crippen LogP contribution is -2.40. The molecule has 0 N–H and O–H groups in total. The first-order valence-corrected chi connectivity index (χ1v) is 9.95. The van der Waals surface area contributed by atoms with E-state index in [0.29, 0.717) is 19.8 Å². The molecule has 5 heteroatoms. The summed E-state index contributed by atoms with van der Waals surface area (Å²) in [7, 11) is -1.77. The van der Waals surface area contributed by atoms with Gasteiger partial charge in [-0.2, -0.15) is 0 Å². The Hall–Kier alpha value is -0.753. The Morgan fingerprint density at radius 2 is 2.00 bits per heavy atom. The molecule has 1 aromatic heterocycles. The van der Waals surface area contributed by atoms with Crippen molar-refractivity contribution in [1.82, 2.24) is 4.98 Å². The van der Waals surface area contributed by atoms with E-state index < -0.39 is 8.32 Å². The molecule has 1 aliphatic rings. The van der Waals surface area contributed by atoms with E-state index in [2.05, 4.69) is 45.0 Å². The zero-order chi connectivity index (χ0) is 14.8. The van der Waals surface area contributed by atoms with Crippen LogP contribution in [0.3, 0.4) is 0 Å². The molecule has 4 nitrogen and oxygen atoms in total. The lowest BCUT2D eigenvalue weighted by Gasteiger charge is -2.36. The summed E-state index contributed by atoms with van der Waals surface area (Å²) in [4.78, 5) is 4.28. The number of hydrogen-bond donors (Lipinski definition) is 0. The minimum atomic E-state index is -1.77. The van der Waals surface area contributed by atoms with Gasteiger partial charge in [0.15, 0.2) is 8.32 Å². The predicted molar refractivity (Wildman–Crippen MR) is 79.7 cm³/mol. The van der Waals surface area contributed by atoms with Crippen LogP contribution < -0.4 is 0 Å². The molecule has 1 aromatic rings. The van der Waals surface area contributed by atoms with Crippen molar-refractivity contribution in [3.8, 4) is 0 Å². The van der Waals surface area contributed by atoms with Crippen molar-refractivity contribution >= 4 is 8.32 Å². The quantitative estimate of drug-likeness (QED) is 0.798. The Morgan fingerprint density at radius 1 is 1.35 bits per heavy atom. The highest BCUT2D eigenvalue weighted by Crippen LogP contribution is 2.37. The van der Waals surface area contributed by atoms with E-state index in [0.717, 1.165) is 11.3 Å². The van der Waals surface area contributed by atoms with Crippen LogP contribution in [0.5, 0.6) is 0 Å². The number of rotatable bonds is 4. The van der Waals surface area contributed by atoms with Gasteiger partial charge in [-0.3, -0.25) is 0 Å². The van der Waals surface area contributed by atoms with E-state index >= 15 is 0 Å². The smallest absolute Gasteiger partial charge is 0.201 e. The van der Waals surface area contributed by atoms with Crippen LogP contribution in [-0.2, 0) is 20.5 Å². The van der Waals surface area contributed by atoms with Gasteiger partial charge in [0.1, 0.15) is 5.69 Å². The van der Waals surface area contributed by atoms with Crippen molar-refractivity contribution in [3.63, 3.8) is 0 Å². The Kier molecular flexibility index (Phi) is 4.64. The third kappa shape index (κ3) is 3.47. The molecule has 111 valence electrons. The van der Waals surface area contributed by atoms with Crippen LogP contribution in [-0.4, -0.2) is 26.5 Å². The third-order valence-corrected chi connectivity index (χ3v) is 8.59. The monoisotopic (exact) mass is 294 g/mol. The highest BCUT2D eigenvalue weighted by molar-refractivity contribution is 6.74. The van der Waals surface area contributed by atoms with Crippen LogP contribution >= 0.6 is 0 Å². The molecule has 0 spiro atoms. The molecular formula is C15H24NO3Si. The Bertz CT molecular complexity index is 451. The average Bonchev–Trinajstić information content (AvgIpc) is 2.89. The second-order valence-corrected chi connectivity index (χ2v) is 11.4. The molecule has 20 heavy (non-hydrogen) atoms. The van der Waals surface area contributed by atoms with Crippen LogP contribution in [0.15, 0.2) is 12.1 Å². The average molecular weight is 294 g/mol. The summed E-state index contributed by atoms with van der Waals surface area (Å²) in [5.74, 6) is 0. The van der Waals surface area contributed by atoms with Gasteiger partial charge >= 0.3 is 0 Å². The largest absolute Gasteiger partial charge is 0.412 e. The predicted octanol–water partition coefficient (Wildman–Crippen LogP) is 3.45. The summed E-state index contributed by atoms with van der Waals surface area (Å²) in [6.07, 6.45) is 2.48. The van der Waals surface area contributed by atoms with Crippen LogP contribution in [0.2, 0.25) is 18.1 Å². The van der Waals surface area contributed by atoms with Crippen molar-refractivity contribution in [1.29, 1.82) is 0 Å². The maximum Gasteiger partial charge on any atom is 0.201 e. The second kappa shape index (κ2) is 5.93. The topological polar surface area (TPSA) is 40.6 Å². The van der Waals surface area contributed by atoms with E-state index in [9.17, 15) is 0 Å². The molecule has 0 unspecified atom stereocenters. The van der Waals surface area contributed by atoms with Gasteiger partial charge in [0.2, 0.25) is 6.29 Å². The molecule has 1 aliphatic heterocycles. The molecule has 0 bridgehead atoms. The molecule has 1 fully saturated rings. The number of pyridine rings is 1. The van der Waals surface area contributed by atoms with Crippen molar-refractivity contribution in [2.24, 2.45) is 0 Å². The second-order valence-electron chi connectivity index (χ2n) is 6.61. The van der Waals surface area contributed by atoms with Gasteiger partial charge in [-0.15, -0.1) is 0 Å². The number of aromatic nitrogens is 1. The summed E-state index contributed by atoms with van der Waals surface area (Å²) >= 11 is 0. The summed E-state index contributed by atoms with van der Waals surface area (Å²) in [6.45, 7) is 13.0. The zero-order valence-electron chi connectivity index (χ0n) is 13.0. The van der Waals surface area contributed by atoms with Crippen molar-refractivity contribution in [3.05, 3.63) is 29.6 Å². The van der Waals surface area contributed by atoms with Crippen LogP contribution in [0.1, 0.15) is 38.3 Å². The standard InChI is InChI=1S/C15H24NO3Si/c1-15(2,3)20(4,5)19-11-12-7-6-8-16-13(12)14-17-9-10-18-14/h6-7,14H,9-11H2,1-5H3. The molecule has 0 aliphatic carbocycles. The summed E-state index contributed by atoms with van der Waals surface area (Å²) < 4.78 is 17.3. The minimum Gasteiger partial charge on any atom is -0.412 e. The van der Waals surface area contributed by atoms with Crippen molar-refractivity contribution in [2.45, 2.75) is 51.8 Å². The van der Waals surface area contributed by atoms with Crippen LogP contribution in [0, 0.1) is 6.20 Å². The Morgan fingerprint density at radius 3 is 2.60 bits per heavy atom. The molecule has 2 rings (SSSR count). The van der Waals surface area contributed by atoms with Gasteiger partial charge < -0.3 is 13.9 Å².